The van der Waals surface area contributed by atoms with Crippen molar-refractivity contribution in [2.45, 2.75) is 24.4 Å². The van der Waals surface area contributed by atoms with Crippen molar-refractivity contribution in [3.05, 3.63) is 12.7 Å². The molecular formula is C6H11Li. The van der Waals surface area contributed by atoms with Gasteiger partial charge in [-0.05, 0) is 0 Å². The molecule has 0 aliphatic carbocycles. The maximum absolute atomic E-state index is 3.63. The summed E-state index contributed by atoms with van der Waals surface area (Å²) in [7, 11) is 0. The zero-order valence-electron chi connectivity index (χ0n) is 5.11. The monoisotopic (exact) mass is 90.1 g/mol. The molecule has 0 aromatic rings. The first-order chi connectivity index (χ1) is 3.41. The third-order valence-electron chi connectivity index (χ3n) is 1.01. The summed E-state index contributed by atoms with van der Waals surface area (Å²) in [6, 6.07) is 0. The van der Waals surface area contributed by atoms with Gasteiger partial charge in [0, 0.05) is 0 Å². The molecule has 0 N–H and O–H groups in total. The van der Waals surface area contributed by atoms with E-state index < -0.39 is 0 Å². The molecule has 0 aliphatic heterocycles. The van der Waals surface area contributed by atoms with Gasteiger partial charge in [0.2, 0.25) is 0 Å². The van der Waals surface area contributed by atoms with Crippen LogP contribution in [0.2, 0.25) is 5.09 Å². The van der Waals surface area contributed by atoms with Gasteiger partial charge < -0.3 is 0 Å². The normalized spacial score (nSPS) is 8.86. The number of hydrogen-bond acceptors (Lipinski definition) is 0. The van der Waals surface area contributed by atoms with Gasteiger partial charge in [-0.1, -0.05) is 0 Å². The summed E-state index contributed by atoms with van der Waals surface area (Å²) in [5.74, 6) is 0. The molecule has 0 heterocycles. The van der Waals surface area contributed by atoms with E-state index in [2.05, 4.69) is 24.3 Å². The van der Waals surface area contributed by atoms with Gasteiger partial charge in [-0.25, -0.2) is 0 Å². The number of rotatable bonds is 4. The Kier molecular flexibility index (Phi) is 6.64. The average Bonchev–Trinajstić information content (AvgIpc) is 1.69. The second kappa shape index (κ2) is 6.34. The molecule has 0 aliphatic rings. The number of allylic oxidation sites excluding steroid dienone is 1. The zero-order chi connectivity index (χ0) is 5.54. The topological polar surface area (TPSA) is 0 Å². The first-order valence-corrected chi connectivity index (χ1v) is 3.02. The Hall–Kier alpha value is 0.337. The van der Waals surface area contributed by atoms with E-state index in [0.29, 0.717) is 0 Å². The summed E-state index contributed by atoms with van der Waals surface area (Å²) in [6.07, 6.45) is 5.84. The average molecular weight is 90.1 g/mol. The molecule has 0 spiro atoms. The maximum atomic E-state index is 3.63. The third kappa shape index (κ3) is 6.34. The van der Waals surface area contributed by atoms with E-state index in [1.54, 1.807) is 0 Å². The van der Waals surface area contributed by atoms with Crippen LogP contribution in [0.4, 0.5) is 0 Å². The second-order valence-electron chi connectivity index (χ2n) is 1.78. The third-order valence-corrected chi connectivity index (χ3v) is 1.01. The van der Waals surface area contributed by atoms with Crippen molar-refractivity contribution in [1.82, 2.24) is 0 Å². The number of hydrogen-bond donors (Lipinski definition) is 0. The van der Waals surface area contributed by atoms with Crippen molar-refractivity contribution in [3.8, 4) is 0 Å². The molecule has 0 aromatic heterocycles. The molecule has 0 rings (SSSR count). The first kappa shape index (κ1) is 7.34. The molecule has 0 radical (unpaired) electrons. The Labute approximate surface area is 55.2 Å². The molecule has 0 aromatic carbocycles. The fraction of sp³-hybridized carbons (Fsp3) is 0.667. The summed E-state index contributed by atoms with van der Waals surface area (Å²) >= 11 is 2.21. The van der Waals surface area contributed by atoms with Crippen LogP contribution in [0.5, 0.6) is 0 Å². The van der Waals surface area contributed by atoms with Gasteiger partial charge in [0.25, 0.3) is 0 Å². The zero-order valence-corrected chi connectivity index (χ0v) is 5.11. The minimum atomic E-state index is 1.19. The quantitative estimate of drug-likeness (QED) is 0.281. The van der Waals surface area contributed by atoms with Gasteiger partial charge in [-0.15, -0.1) is 0 Å². The standard InChI is InChI=1S/C6H11.Li/c1-3-5-6-4-2;/h3H,1-2,4-6H2;. The van der Waals surface area contributed by atoms with Crippen molar-refractivity contribution < 1.29 is 0 Å². The molecule has 0 amide bonds. The van der Waals surface area contributed by atoms with Crippen LogP contribution in [0.3, 0.4) is 0 Å². The molecule has 36 valence electrons. The minimum absolute atomic E-state index is 1.19. The van der Waals surface area contributed by atoms with Crippen LogP contribution in [-0.2, 0) is 0 Å². The van der Waals surface area contributed by atoms with Crippen LogP contribution in [-0.4, -0.2) is 17.7 Å². The summed E-state index contributed by atoms with van der Waals surface area (Å²) in [5, 5.41) is 1.31. The van der Waals surface area contributed by atoms with E-state index in [1.807, 2.05) is 6.08 Å². The van der Waals surface area contributed by atoms with Crippen LogP contribution < -0.4 is 0 Å². The summed E-state index contributed by atoms with van der Waals surface area (Å²) in [5.41, 5.74) is 0. The van der Waals surface area contributed by atoms with E-state index in [1.165, 1.54) is 24.4 Å². The van der Waals surface area contributed by atoms with Crippen LogP contribution in [0.1, 0.15) is 19.3 Å². The Balaban J connectivity index is 2.56. The van der Waals surface area contributed by atoms with E-state index in [9.17, 15) is 0 Å². The predicted molar refractivity (Wildman–Crippen MR) is 34.6 cm³/mol. The van der Waals surface area contributed by atoms with E-state index in [-0.39, 0.29) is 0 Å². The van der Waals surface area contributed by atoms with Crippen LogP contribution in [0.25, 0.3) is 0 Å². The van der Waals surface area contributed by atoms with Gasteiger partial charge in [0.15, 0.2) is 0 Å². The summed E-state index contributed by atoms with van der Waals surface area (Å²) < 4.78 is 0. The van der Waals surface area contributed by atoms with Crippen molar-refractivity contribution >= 4 is 17.7 Å². The molecule has 0 saturated carbocycles. The van der Waals surface area contributed by atoms with Gasteiger partial charge in [0.05, 0.1) is 0 Å². The van der Waals surface area contributed by atoms with Crippen molar-refractivity contribution in [1.29, 1.82) is 0 Å². The van der Waals surface area contributed by atoms with Gasteiger partial charge in [-0.3, -0.25) is 0 Å². The van der Waals surface area contributed by atoms with Gasteiger partial charge >= 0.3 is 54.7 Å². The van der Waals surface area contributed by atoms with Crippen LogP contribution in [0.15, 0.2) is 12.7 Å². The molecule has 0 fully saturated rings. The predicted octanol–water partition coefficient (Wildman–Crippen LogP) is 1.93. The Bertz CT molecular complexity index is 41.4. The molecule has 0 bridgehead atoms. The molecule has 1 heteroatoms. The molecule has 0 nitrogen and oxygen atoms in total. The Morgan fingerprint density at radius 2 is 2.14 bits per heavy atom. The fourth-order valence-electron chi connectivity index (χ4n) is 0.539. The van der Waals surface area contributed by atoms with E-state index >= 15 is 0 Å². The number of unbranched alkanes of at least 4 members (excludes halogenated alkanes) is 2. The Morgan fingerprint density at radius 3 is 2.57 bits per heavy atom. The van der Waals surface area contributed by atoms with Gasteiger partial charge in [-0.2, -0.15) is 0 Å². The molecule has 0 atom stereocenters. The van der Waals surface area contributed by atoms with Crippen molar-refractivity contribution in [2.24, 2.45) is 0 Å². The van der Waals surface area contributed by atoms with Crippen molar-refractivity contribution in [3.63, 3.8) is 0 Å². The Morgan fingerprint density at radius 1 is 1.43 bits per heavy atom. The van der Waals surface area contributed by atoms with Crippen LogP contribution in [0, 0.1) is 0 Å². The van der Waals surface area contributed by atoms with Crippen LogP contribution >= 0.6 is 0 Å². The first-order valence-electron chi connectivity index (χ1n) is 3.02. The van der Waals surface area contributed by atoms with Crippen molar-refractivity contribution in [2.75, 3.05) is 0 Å². The SMILES string of the molecule is [Li][CH2]CCCC=C. The van der Waals surface area contributed by atoms with E-state index in [4.69, 9.17) is 0 Å². The van der Waals surface area contributed by atoms with E-state index in [0.717, 1.165) is 0 Å². The van der Waals surface area contributed by atoms with Gasteiger partial charge in [0.1, 0.15) is 0 Å². The fourth-order valence-corrected chi connectivity index (χ4v) is 0.539. The summed E-state index contributed by atoms with van der Waals surface area (Å²) in [4.78, 5) is 0. The molecule has 7 heavy (non-hydrogen) atoms. The molecular weight excluding hydrogens is 79.0 g/mol. The summed E-state index contributed by atoms with van der Waals surface area (Å²) in [6.45, 7) is 3.63. The molecule has 0 unspecified atom stereocenters. The molecule has 0 saturated heterocycles. The second-order valence-corrected chi connectivity index (χ2v) is 1.78.